The van der Waals surface area contributed by atoms with Gasteiger partial charge >= 0.3 is 0 Å². The Morgan fingerprint density at radius 1 is 1.47 bits per heavy atom. The van der Waals surface area contributed by atoms with Gasteiger partial charge < -0.3 is 10.1 Å². The molecule has 1 aliphatic heterocycles. The Kier molecular flexibility index (Phi) is 3.41. The maximum Gasteiger partial charge on any atom is 0.179 e. The minimum atomic E-state index is 0.379. The van der Waals surface area contributed by atoms with Gasteiger partial charge in [-0.05, 0) is 37.2 Å². The number of nitrogens with zero attached hydrogens (tertiary/aromatic N) is 4. The number of tetrazole rings is 1. The maximum absolute atomic E-state index is 5.48. The summed E-state index contributed by atoms with van der Waals surface area (Å²) in [6.07, 6.45) is 1.07. The smallest absolute Gasteiger partial charge is 0.179 e. The molecular weight excluding hydrogens is 242 g/mol. The molecule has 0 bridgehead atoms. The molecule has 1 saturated heterocycles. The van der Waals surface area contributed by atoms with Gasteiger partial charge in [-0.1, -0.05) is 6.07 Å². The number of aromatic nitrogens is 4. The summed E-state index contributed by atoms with van der Waals surface area (Å²) in [5, 5.41) is 16.0. The minimum absolute atomic E-state index is 0.379. The molecule has 0 amide bonds. The lowest BCUT2D eigenvalue weighted by molar-refractivity contribution is 0.340. The monoisotopic (exact) mass is 259 g/mol. The van der Waals surface area contributed by atoms with E-state index >= 15 is 0 Å². The summed E-state index contributed by atoms with van der Waals surface area (Å²) in [6, 6.07) is 7.72. The fourth-order valence-corrected chi connectivity index (χ4v) is 2.24. The molecule has 1 aromatic heterocycles. The lowest BCUT2D eigenvalue weighted by Gasteiger charge is -2.04. The predicted octanol–water partition coefficient (Wildman–Crippen LogP) is 1.14. The fourth-order valence-electron chi connectivity index (χ4n) is 2.24. The highest BCUT2D eigenvalue weighted by Crippen LogP contribution is 2.19. The molecule has 0 aliphatic carbocycles. The number of hydrogen-bond donors (Lipinski definition) is 1. The van der Waals surface area contributed by atoms with Gasteiger partial charge in [-0.15, -0.1) is 15.0 Å². The predicted molar refractivity (Wildman–Crippen MR) is 70.6 cm³/mol. The summed E-state index contributed by atoms with van der Waals surface area (Å²) in [4.78, 5) is 1.57. The van der Waals surface area contributed by atoms with Crippen molar-refractivity contribution in [2.75, 3.05) is 19.7 Å². The summed E-state index contributed by atoms with van der Waals surface area (Å²) < 4.78 is 5.48. The summed E-state index contributed by atoms with van der Waals surface area (Å²) in [7, 11) is 0. The molecule has 1 N–H and O–H groups in total. The molecular formula is C13H17N5O. The molecule has 6 heteroatoms. The van der Waals surface area contributed by atoms with Gasteiger partial charge in [-0.3, -0.25) is 0 Å². The van der Waals surface area contributed by atoms with E-state index in [0.29, 0.717) is 12.5 Å². The van der Waals surface area contributed by atoms with Crippen LogP contribution in [0.15, 0.2) is 24.3 Å². The van der Waals surface area contributed by atoms with E-state index in [4.69, 9.17) is 4.74 Å². The molecule has 1 unspecified atom stereocenters. The van der Waals surface area contributed by atoms with Gasteiger partial charge in [-0.25, -0.2) is 0 Å². The van der Waals surface area contributed by atoms with Gasteiger partial charge in [0.2, 0.25) is 0 Å². The molecule has 19 heavy (non-hydrogen) atoms. The van der Waals surface area contributed by atoms with Gasteiger partial charge in [0, 0.05) is 18.5 Å². The topological polar surface area (TPSA) is 64.9 Å². The Labute approximate surface area is 111 Å². The average molecular weight is 259 g/mol. The molecule has 1 aliphatic rings. The largest absolute Gasteiger partial charge is 0.494 e. The molecule has 2 heterocycles. The Hall–Kier alpha value is -1.95. The van der Waals surface area contributed by atoms with Crippen LogP contribution in [0.1, 0.15) is 25.1 Å². The third-order valence-electron chi connectivity index (χ3n) is 3.21. The first kappa shape index (κ1) is 12.1. The number of hydrogen-bond acceptors (Lipinski definition) is 5. The van der Waals surface area contributed by atoms with Crippen LogP contribution in [0.25, 0.3) is 5.69 Å². The zero-order valence-corrected chi connectivity index (χ0v) is 10.9. The number of ether oxygens (including phenoxy) is 1. The van der Waals surface area contributed by atoms with Crippen LogP contribution < -0.4 is 10.1 Å². The molecule has 0 radical (unpaired) electrons. The van der Waals surface area contributed by atoms with E-state index in [0.717, 1.165) is 36.8 Å². The van der Waals surface area contributed by atoms with E-state index in [9.17, 15) is 0 Å². The second kappa shape index (κ2) is 5.36. The van der Waals surface area contributed by atoms with Crippen LogP contribution in [-0.4, -0.2) is 39.9 Å². The Bertz CT molecular complexity index is 547. The van der Waals surface area contributed by atoms with E-state index < -0.39 is 0 Å². The highest BCUT2D eigenvalue weighted by molar-refractivity contribution is 5.37. The zero-order valence-electron chi connectivity index (χ0n) is 10.9. The SMILES string of the molecule is CCOc1cccc(-n2nnc(C3CCNC3)n2)c1. The van der Waals surface area contributed by atoms with Gasteiger partial charge in [-0.2, -0.15) is 0 Å². The molecule has 1 fully saturated rings. The van der Waals surface area contributed by atoms with Crippen molar-refractivity contribution in [1.82, 2.24) is 25.5 Å². The summed E-state index contributed by atoms with van der Waals surface area (Å²) in [5.41, 5.74) is 0.871. The Morgan fingerprint density at radius 3 is 3.21 bits per heavy atom. The normalized spacial score (nSPS) is 18.7. The van der Waals surface area contributed by atoms with Crippen LogP contribution in [-0.2, 0) is 0 Å². The fraction of sp³-hybridized carbons (Fsp3) is 0.462. The highest BCUT2D eigenvalue weighted by Gasteiger charge is 2.21. The first-order valence-electron chi connectivity index (χ1n) is 6.60. The van der Waals surface area contributed by atoms with Crippen LogP contribution in [0.3, 0.4) is 0 Å². The minimum Gasteiger partial charge on any atom is -0.494 e. The van der Waals surface area contributed by atoms with Gasteiger partial charge in [0.1, 0.15) is 5.75 Å². The van der Waals surface area contributed by atoms with Gasteiger partial charge in [0.15, 0.2) is 5.82 Å². The number of rotatable bonds is 4. The third-order valence-corrected chi connectivity index (χ3v) is 3.21. The van der Waals surface area contributed by atoms with E-state index in [-0.39, 0.29) is 0 Å². The average Bonchev–Trinajstić information content (AvgIpc) is 3.11. The summed E-state index contributed by atoms with van der Waals surface area (Å²) in [5.74, 6) is 2.01. The molecule has 0 spiro atoms. The van der Waals surface area contributed by atoms with E-state index in [1.807, 2.05) is 31.2 Å². The van der Waals surface area contributed by atoms with Crippen LogP contribution >= 0.6 is 0 Å². The summed E-state index contributed by atoms with van der Waals surface area (Å²) >= 11 is 0. The molecule has 1 atom stereocenters. The van der Waals surface area contributed by atoms with Crippen molar-refractivity contribution >= 4 is 0 Å². The van der Waals surface area contributed by atoms with Crippen molar-refractivity contribution in [3.63, 3.8) is 0 Å². The molecule has 1 aromatic carbocycles. The standard InChI is InChI=1S/C13H17N5O/c1-2-19-12-5-3-4-11(8-12)18-16-13(15-17-18)10-6-7-14-9-10/h3-5,8,10,14H,2,6-7,9H2,1H3. The van der Waals surface area contributed by atoms with Crippen LogP contribution in [0, 0.1) is 0 Å². The molecule has 3 rings (SSSR count). The van der Waals surface area contributed by atoms with Crippen molar-refractivity contribution in [1.29, 1.82) is 0 Å². The number of nitrogens with one attached hydrogen (secondary N) is 1. The first-order chi connectivity index (χ1) is 9.36. The van der Waals surface area contributed by atoms with Crippen molar-refractivity contribution in [3.8, 4) is 11.4 Å². The van der Waals surface area contributed by atoms with E-state index in [1.165, 1.54) is 0 Å². The quantitative estimate of drug-likeness (QED) is 0.892. The molecule has 6 nitrogen and oxygen atoms in total. The third kappa shape index (κ3) is 2.58. The van der Waals surface area contributed by atoms with Gasteiger partial charge in [0.05, 0.1) is 12.3 Å². The van der Waals surface area contributed by atoms with E-state index in [2.05, 4.69) is 20.7 Å². The van der Waals surface area contributed by atoms with Gasteiger partial charge in [0.25, 0.3) is 0 Å². The Morgan fingerprint density at radius 2 is 2.42 bits per heavy atom. The highest BCUT2D eigenvalue weighted by atomic mass is 16.5. The van der Waals surface area contributed by atoms with Crippen molar-refractivity contribution in [2.45, 2.75) is 19.3 Å². The van der Waals surface area contributed by atoms with Crippen molar-refractivity contribution in [2.24, 2.45) is 0 Å². The maximum atomic E-state index is 5.48. The van der Waals surface area contributed by atoms with E-state index in [1.54, 1.807) is 4.80 Å². The zero-order chi connectivity index (χ0) is 13.1. The van der Waals surface area contributed by atoms with Crippen molar-refractivity contribution in [3.05, 3.63) is 30.1 Å². The van der Waals surface area contributed by atoms with Crippen LogP contribution in [0.2, 0.25) is 0 Å². The Balaban J connectivity index is 1.83. The lowest BCUT2D eigenvalue weighted by atomic mass is 10.1. The summed E-state index contributed by atoms with van der Waals surface area (Å²) in [6.45, 7) is 4.57. The number of benzene rings is 1. The second-order valence-corrected chi connectivity index (χ2v) is 4.56. The lowest BCUT2D eigenvalue weighted by Crippen LogP contribution is -2.09. The van der Waals surface area contributed by atoms with Crippen LogP contribution in [0.4, 0.5) is 0 Å². The molecule has 0 saturated carbocycles. The molecule has 100 valence electrons. The molecule has 2 aromatic rings. The van der Waals surface area contributed by atoms with Crippen molar-refractivity contribution < 1.29 is 4.74 Å². The second-order valence-electron chi connectivity index (χ2n) is 4.56. The first-order valence-corrected chi connectivity index (χ1v) is 6.60. The van der Waals surface area contributed by atoms with Crippen LogP contribution in [0.5, 0.6) is 5.75 Å².